The van der Waals surface area contributed by atoms with Gasteiger partial charge in [0.05, 0.1) is 0 Å². The summed E-state index contributed by atoms with van der Waals surface area (Å²) in [5.74, 6) is 0.139. The second-order valence-electron chi connectivity index (χ2n) is 4.33. The number of aliphatic hydroxyl groups is 2. The molecule has 8 nitrogen and oxygen atoms in total. The zero-order chi connectivity index (χ0) is 13.6. The van der Waals surface area contributed by atoms with Crippen LogP contribution in [0.1, 0.15) is 12.6 Å². The molecule has 0 bridgehead atoms. The van der Waals surface area contributed by atoms with Gasteiger partial charge in [-0.15, -0.1) is 0 Å². The number of fused-ring (bicyclic) bond motifs is 1. The number of aliphatic hydroxyl groups excluding tert-OH is 2. The predicted molar refractivity (Wildman–Crippen MR) is 66.7 cm³/mol. The molecule has 1 saturated heterocycles. The van der Waals surface area contributed by atoms with Gasteiger partial charge in [0.2, 0.25) is 0 Å². The molecule has 2 aromatic heterocycles. The maximum absolute atomic E-state index is 9.76. The Morgan fingerprint density at radius 3 is 3.00 bits per heavy atom. The summed E-state index contributed by atoms with van der Waals surface area (Å²) in [6, 6.07) is 0. The van der Waals surface area contributed by atoms with E-state index in [-0.39, 0.29) is 12.6 Å². The molecule has 3 rings (SSSR count). The molecule has 3 heterocycles. The summed E-state index contributed by atoms with van der Waals surface area (Å²) < 4.78 is 7.82. The van der Waals surface area contributed by atoms with E-state index in [1.807, 2.05) is 0 Å². The first kappa shape index (κ1) is 12.8. The molecule has 4 N–H and O–H groups in total. The Balaban J connectivity index is 2.02. The van der Waals surface area contributed by atoms with Gasteiger partial charge >= 0.3 is 116 Å². The minimum absolute atomic E-state index is 0.139. The average Bonchev–Trinajstić information content (AvgIpc) is 2.92. The molecule has 1 radical (unpaired) electrons. The van der Waals surface area contributed by atoms with Gasteiger partial charge in [0.25, 0.3) is 0 Å². The number of aromatic nitrogens is 4. The van der Waals surface area contributed by atoms with Crippen molar-refractivity contribution in [1.29, 1.82) is 0 Å². The number of nitrogens with two attached hydrogens (primary N) is 1. The monoisotopic (exact) mass is 330 g/mol. The van der Waals surface area contributed by atoms with Crippen molar-refractivity contribution in [2.24, 2.45) is 0 Å². The molecular formula is C10H12N5O3Se. The molecule has 1 aliphatic heterocycles. The summed E-state index contributed by atoms with van der Waals surface area (Å²) in [7, 11) is 0. The number of imidazole rings is 1. The van der Waals surface area contributed by atoms with Gasteiger partial charge in [-0.1, -0.05) is 0 Å². The molecule has 9 heteroatoms. The summed E-state index contributed by atoms with van der Waals surface area (Å²) in [5.41, 5.74) is 6.75. The molecule has 2 aromatic rings. The van der Waals surface area contributed by atoms with Crippen LogP contribution in [0.2, 0.25) is 0 Å². The van der Waals surface area contributed by atoms with Gasteiger partial charge in [-0.05, 0) is 0 Å². The van der Waals surface area contributed by atoms with Crippen LogP contribution >= 0.6 is 0 Å². The van der Waals surface area contributed by atoms with Crippen molar-refractivity contribution in [3.63, 3.8) is 0 Å². The summed E-state index contributed by atoms with van der Waals surface area (Å²) in [4.78, 5) is 12.3. The number of hydrogen-bond acceptors (Lipinski definition) is 7. The number of nitrogens with zero attached hydrogens (tertiary/aromatic N) is 4. The van der Waals surface area contributed by atoms with Crippen LogP contribution in [0.15, 0.2) is 6.33 Å². The second-order valence-corrected chi connectivity index (χ2v) is 5.14. The second kappa shape index (κ2) is 4.69. The van der Waals surface area contributed by atoms with Crippen LogP contribution in [0.25, 0.3) is 11.2 Å². The summed E-state index contributed by atoms with van der Waals surface area (Å²) in [5, 5.41) is 18.8. The van der Waals surface area contributed by atoms with Gasteiger partial charge in [0, 0.05) is 0 Å². The normalized spacial score (nSPS) is 27.2. The molecule has 1 unspecified atom stereocenters. The number of rotatable bonds is 2. The molecule has 0 spiro atoms. The van der Waals surface area contributed by atoms with Crippen LogP contribution < -0.4 is 10.3 Å². The summed E-state index contributed by atoms with van der Waals surface area (Å²) >= 11 is 2.78. The van der Waals surface area contributed by atoms with E-state index in [0.717, 1.165) is 0 Å². The molecule has 0 aromatic carbocycles. The third-order valence-corrected chi connectivity index (χ3v) is 3.70. The molecular weight excluding hydrogens is 317 g/mol. The molecule has 1 fully saturated rings. The number of nitrogen functional groups attached to an aromatic ring is 1. The fraction of sp³-hybridized carbons (Fsp3) is 0.500. The number of ether oxygens (including phenoxy) is 1. The summed E-state index contributed by atoms with van der Waals surface area (Å²) in [6.07, 6.45) is 0.208. The van der Waals surface area contributed by atoms with Gasteiger partial charge in [-0.2, -0.15) is 0 Å². The van der Waals surface area contributed by atoms with Crippen LogP contribution in [0.3, 0.4) is 0 Å². The predicted octanol–water partition coefficient (Wildman–Crippen LogP) is -2.16. The molecule has 101 valence electrons. The number of anilines is 1. The van der Waals surface area contributed by atoms with E-state index >= 15 is 0 Å². The van der Waals surface area contributed by atoms with Gasteiger partial charge in [-0.25, -0.2) is 0 Å². The van der Waals surface area contributed by atoms with E-state index < -0.39 is 18.4 Å². The first-order valence-electron chi connectivity index (χ1n) is 5.71. The van der Waals surface area contributed by atoms with Gasteiger partial charge in [-0.3, -0.25) is 0 Å². The van der Waals surface area contributed by atoms with Gasteiger partial charge < -0.3 is 0 Å². The minimum atomic E-state index is -0.709. The zero-order valence-corrected chi connectivity index (χ0v) is 11.5. The Kier molecular flexibility index (Phi) is 3.15. The van der Waals surface area contributed by atoms with E-state index in [1.165, 1.54) is 0 Å². The molecule has 3 atom stereocenters. The van der Waals surface area contributed by atoms with Crippen LogP contribution in [0.4, 0.5) is 5.95 Å². The van der Waals surface area contributed by atoms with Gasteiger partial charge in [0.15, 0.2) is 0 Å². The van der Waals surface area contributed by atoms with E-state index in [0.29, 0.717) is 22.2 Å². The van der Waals surface area contributed by atoms with Crippen molar-refractivity contribution in [2.45, 2.75) is 24.9 Å². The third-order valence-electron chi connectivity index (χ3n) is 3.10. The first-order chi connectivity index (χ1) is 9.10. The van der Waals surface area contributed by atoms with Crippen LogP contribution in [0, 0.1) is 0 Å². The fourth-order valence-electron chi connectivity index (χ4n) is 2.17. The Hall–Kier alpha value is -1.25. The van der Waals surface area contributed by atoms with E-state index in [9.17, 15) is 5.11 Å². The maximum atomic E-state index is 9.76. The Bertz CT molecular complexity index is 618. The van der Waals surface area contributed by atoms with E-state index in [1.54, 1.807) is 10.9 Å². The van der Waals surface area contributed by atoms with Crippen molar-refractivity contribution in [3.8, 4) is 0 Å². The third kappa shape index (κ3) is 2.09. The van der Waals surface area contributed by atoms with Crippen molar-refractivity contribution in [3.05, 3.63) is 6.33 Å². The Morgan fingerprint density at radius 2 is 2.32 bits per heavy atom. The van der Waals surface area contributed by atoms with Crippen molar-refractivity contribution in [2.75, 3.05) is 12.3 Å². The first-order valence-corrected chi connectivity index (χ1v) is 6.57. The molecule has 19 heavy (non-hydrogen) atoms. The van der Waals surface area contributed by atoms with Gasteiger partial charge in [0.1, 0.15) is 0 Å². The Morgan fingerprint density at radius 1 is 1.53 bits per heavy atom. The van der Waals surface area contributed by atoms with Crippen molar-refractivity contribution < 1.29 is 14.9 Å². The molecule has 0 amide bonds. The van der Waals surface area contributed by atoms with Crippen molar-refractivity contribution in [1.82, 2.24) is 19.5 Å². The molecule has 1 aliphatic rings. The quantitative estimate of drug-likeness (QED) is 0.537. The van der Waals surface area contributed by atoms with Crippen molar-refractivity contribution >= 4 is 37.7 Å². The van der Waals surface area contributed by atoms with Crippen LogP contribution in [0.5, 0.6) is 0 Å². The van der Waals surface area contributed by atoms with E-state index in [2.05, 4.69) is 31.0 Å². The standard InChI is InChI=1S/C10H12N5O3Se/c11-10-13-8-7(9(19)14-10)12-3-15(8)6-1-4(17)5(2-16)18-6/h3-6,16-17H,1-2H2,(H2,11,13,14)/t4?,5-,6-/m1/s1. The number of hydrogen-bond donors (Lipinski definition) is 3. The summed E-state index contributed by atoms with van der Waals surface area (Å²) in [6.45, 7) is -0.228. The fourth-order valence-corrected chi connectivity index (χ4v) is 2.67. The topological polar surface area (TPSA) is 119 Å². The van der Waals surface area contributed by atoms with E-state index in [4.69, 9.17) is 15.6 Å². The molecule has 0 saturated carbocycles. The Labute approximate surface area is 116 Å². The van der Waals surface area contributed by atoms with Crippen LogP contribution in [-0.4, -0.2) is 64.6 Å². The zero-order valence-electron chi connectivity index (χ0n) is 9.80. The molecule has 0 aliphatic carbocycles. The average molecular weight is 329 g/mol. The SMILES string of the molecule is Nc1nc([Se])c2ncn([C@H]3CC(O)[C@@H](CO)O3)c2n1. The van der Waals surface area contributed by atoms with Crippen LogP contribution in [-0.2, 0) is 4.74 Å².